The van der Waals surface area contributed by atoms with Crippen LogP contribution in [-0.2, 0) is 35.2 Å². The molecule has 3 aromatic rings. The standard InChI is InChI=1S/C36H48N8O9/c1-20(32(48)41-24-13-11-23-12-16-30(47)53-28(23)19-24)40-34(50)26(10-6-7-17-37)43-36(52)31(21(2)45)44-35(51)27(14-15-29(39)46)42-33(49)25(38)18-22-8-4-3-5-9-22/h3-5,8-9,11-13,16,19-21,25-27,31,45H,6-7,10,14-15,17-18,37-38H2,1-2H3,(H2,39,46)(H,40,50)(H,41,48)(H,42,49)(H,43,52)(H,44,51)/t20-,21+,25-,26-,27-,31-/m0/s1. The summed E-state index contributed by atoms with van der Waals surface area (Å²) in [6.45, 7) is 2.98. The lowest BCUT2D eigenvalue weighted by molar-refractivity contribution is -0.136. The quantitative estimate of drug-likeness (QED) is 0.0503. The Morgan fingerprint density at radius 2 is 1.42 bits per heavy atom. The number of unbranched alkanes of at least 4 members (excludes halogenated alkanes) is 1. The Morgan fingerprint density at radius 1 is 0.774 bits per heavy atom. The minimum Gasteiger partial charge on any atom is -0.423 e. The highest BCUT2D eigenvalue weighted by Crippen LogP contribution is 2.18. The fourth-order valence-corrected chi connectivity index (χ4v) is 5.25. The Bertz CT molecular complexity index is 1800. The van der Waals surface area contributed by atoms with Gasteiger partial charge >= 0.3 is 5.63 Å². The van der Waals surface area contributed by atoms with E-state index in [1.165, 1.54) is 26.0 Å². The number of amides is 6. The number of nitrogens with one attached hydrogen (secondary N) is 5. The van der Waals surface area contributed by atoms with Gasteiger partial charge in [0.25, 0.3) is 0 Å². The molecule has 0 aliphatic carbocycles. The molecule has 6 atom stereocenters. The fourth-order valence-electron chi connectivity index (χ4n) is 5.25. The van der Waals surface area contributed by atoms with Crippen molar-refractivity contribution in [2.45, 2.75) is 88.7 Å². The van der Waals surface area contributed by atoms with Crippen LogP contribution in [0.15, 0.2) is 69.9 Å². The van der Waals surface area contributed by atoms with E-state index in [9.17, 15) is 38.7 Å². The molecular formula is C36H48N8O9. The van der Waals surface area contributed by atoms with Gasteiger partial charge in [0.15, 0.2) is 0 Å². The largest absolute Gasteiger partial charge is 0.423 e. The van der Waals surface area contributed by atoms with Gasteiger partial charge in [0.05, 0.1) is 12.1 Å². The van der Waals surface area contributed by atoms with E-state index in [-0.39, 0.29) is 31.3 Å². The molecule has 0 spiro atoms. The molecule has 0 bridgehead atoms. The maximum Gasteiger partial charge on any atom is 0.336 e. The van der Waals surface area contributed by atoms with Gasteiger partial charge < -0.3 is 53.3 Å². The van der Waals surface area contributed by atoms with Gasteiger partial charge in [-0.2, -0.15) is 0 Å². The molecule has 1 aromatic heterocycles. The Balaban J connectivity index is 1.69. The summed E-state index contributed by atoms with van der Waals surface area (Å²) in [6.07, 6.45) is -0.806. The lowest BCUT2D eigenvalue weighted by Gasteiger charge is -2.27. The maximum absolute atomic E-state index is 13.5. The zero-order valence-corrected chi connectivity index (χ0v) is 29.6. The van der Waals surface area contributed by atoms with Crippen LogP contribution >= 0.6 is 0 Å². The molecule has 0 aliphatic rings. The number of hydrogen-bond donors (Lipinski definition) is 9. The van der Waals surface area contributed by atoms with Crippen LogP contribution in [0.4, 0.5) is 5.69 Å². The topological polar surface area (TPSA) is 291 Å². The van der Waals surface area contributed by atoms with Gasteiger partial charge in [-0.3, -0.25) is 28.8 Å². The minimum absolute atomic E-state index is 0.101. The molecule has 0 unspecified atom stereocenters. The van der Waals surface area contributed by atoms with Crippen LogP contribution in [0.5, 0.6) is 0 Å². The summed E-state index contributed by atoms with van der Waals surface area (Å²) in [5.74, 6) is -4.61. The first-order chi connectivity index (χ1) is 25.2. The lowest BCUT2D eigenvalue weighted by atomic mass is 10.0. The van der Waals surface area contributed by atoms with Crippen molar-refractivity contribution in [2.24, 2.45) is 17.2 Å². The fraction of sp³-hybridized carbons (Fsp3) is 0.417. The van der Waals surface area contributed by atoms with Gasteiger partial charge in [0.2, 0.25) is 35.4 Å². The molecule has 0 fully saturated rings. The second-order valence-electron chi connectivity index (χ2n) is 12.7. The van der Waals surface area contributed by atoms with E-state index in [1.807, 2.05) is 0 Å². The maximum atomic E-state index is 13.5. The molecule has 1 heterocycles. The van der Waals surface area contributed by atoms with Gasteiger partial charge in [0.1, 0.15) is 29.8 Å². The smallest absolute Gasteiger partial charge is 0.336 e. The van der Waals surface area contributed by atoms with E-state index in [0.29, 0.717) is 30.5 Å². The minimum atomic E-state index is -1.60. The Kier molecular flexibility index (Phi) is 16.1. The number of fused-ring (bicyclic) bond motifs is 1. The Labute approximate surface area is 305 Å². The number of carbonyl (C=O) groups is 6. The number of hydrogen-bond acceptors (Lipinski definition) is 11. The molecule has 2 aromatic carbocycles. The number of nitrogens with two attached hydrogens (primary N) is 3. The predicted molar refractivity (Wildman–Crippen MR) is 196 cm³/mol. The van der Waals surface area contributed by atoms with Gasteiger partial charge in [-0.1, -0.05) is 30.3 Å². The first kappa shape index (κ1) is 41.8. The summed E-state index contributed by atoms with van der Waals surface area (Å²) < 4.78 is 5.15. The molecule has 0 saturated carbocycles. The summed E-state index contributed by atoms with van der Waals surface area (Å²) in [5, 5.41) is 23.8. The van der Waals surface area contributed by atoms with Crippen molar-refractivity contribution in [3.63, 3.8) is 0 Å². The van der Waals surface area contributed by atoms with Gasteiger partial charge in [-0.15, -0.1) is 0 Å². The van der Waals surface area contributed by atoms with Crippen LogP contribution in [0.25, 0.3) is 11.0 Å². The predicted octanol–water partition coefficient (Wildman–Crippen LogP) is -0.964. The van der Waals surface area contributed by atoms with Crippen LogP contribution in [-0.4, -0.2) is 83.4 Å². The molecule has 17 heteroatoms. The summed E-state index contributed by atoms with van der Waals surface area (Å²) in [6, 6.07) is 10.2. The number of benzene rings is 2. The van der Waals surface area contributed by atoms with E-state index in [0.717, 1.165) is 5.56 Å². The number of aliphatic hydroxyl groups is 1. The summed E-state index contributed by atoms with van der Waals surface area (Å²) in [7, 11) is 0. The van der Waals surface area contributed by atoms with Crippen molar-refractivity contribution in [3.8, 4) is 0 Å². The molecule has 3 rings (SSSR count). The molecule has 17 nitrogen and oxygen atoms in total. The number of anilines is 1. The molecule has 12 N–H and O–H groups in total. The third-order valence-electron chi connectivity index (χ3n) is 8.23. The monoisotopic (exact) mass is 736 g/mol. The van der Waals surface area contributed by atoms with E-state index in [4.69, 9.17) is 21.6 Å². The highest BCUT2D eigenvalue weighted by molar-refractivity contribution is 6.00. The molecule has 0 radical (unpaired) electrons. The SMILES string of the molecule is C[C@H](NC(=O)[C@H](CCCCN)NC(=O)[C@@H](NC(=O)[C@H](CCC(N)=O)NC(=O)[C@@H](N)Cc1ccccc1)[C@@H](C)O)C(=O)Nc1ccc2ccc(=O)oc2c1. The van der Waals surface area contributed by atoms with Gasteiger partial charge in [0, 0.05) is 29.6 Å². The average molecular weight is 737 g/mol. The highest BCUT2D eigenvalue weighted by Gasteiger charge is 2.33. The lowest BCUT2D eigenvalue weighted by Crippen LogP contribution is -2.61. The normalized spacial score (nSPS) is 14.4. The molecular weight excluding hydrogens is 688 g/mol. The summed E-state index contributed by atoms with van der Waals surface area (Å²) in [5.41, 5.74) is 17.8. The van der Waals surface area contributed by atoms with Crippen molar-refractivity contribution in [1.82, 2.24) is 21.3 Å². The van der Waals surface area contributed by atoms with E-state index < -0.39 is 77.4 Å². The number of primary amides is 1. The van der Waals surface area contributed by atoms with Gasteiger partial charge in [-0.05, 0) is 76.3 Å². The Morgan fingerprint density at radius 3 is 2.08 bits per heavy atom. The zero-order valence-electron chi connectivity index (χ0n) is 29.6. The third-order valence-corrected chi connectivity index (χ3v) is 8.23. The second-order valence-corrected chi connectivity index (χ2v) is 12.7. The molecule has 0 aliphatic heterocycles. The van der Waals surface area contributed by atoms with Crippen molar-refractivity contribution >= 4 is 52.1 Å². The van der Waals surface area contributed by atoms with Crippen LogP contribution < -0.4 is 49.4 Å². The van der Waals surface area contributed by atoms with Crippen molar-refractivity contribution in [1.29, 1.82) is 0 Å². The summed E-state index contributed by atoms with van der Waals surface area (Å²) in [4.78, 5) is 89.4. The second kappa shape index (κ2) is 20.4. The Hall–Kier alpha value is -5.65. The number of aliphatic hydroxyl groups excluding tert-OH is 1. The molecule has 53 heavy (non-hydrogen) atoms. The zero-order chi connectivity index (χ0) is 39.1. The van der Waals surface area contributed by atoms with Gasteiger partial charge in [-0.25, -0.2) is 4.79 Å². The number of carbonyl (C=O) groups excluding carboxylic acids is 6. The first-order valence-electron chi connectivity index (χ1n) is 17.2. The molecule has 6 amide bonds. The highest BCUT2D eigenvalue weighted by atomic mass is 16.4. The van der Waals surface area contributed by atoms with Crippen molar-refractivity contribution in [3.05, 3.63) is 76.6 Å². The van der Waals surface area contributed by atoms with E-state index in [1.54, 1.807) is 48.5 Å². The average Bonchev–Trinajstić information content (AvgIpc) is 3.11. The van der Waals surface area contributed by atoms with Crippen LogP contribution in [0.3, 0.4) is 0 Å². The van der Waals surface area contributed by atoms with Crippen molar-refractivity contribution < 1.29 is 38.3 Å². The van der Waals surface area contributed by atoms with E-state index >= 15 is 0 Å². The third kappa shape index (κ3) is 13.4. The molecule has 0 saturated heterocycles. The molecule has 286 valence electrons. The first-order valence-corrected chi connectivity index (χ1v) is 17.2. The summed E-state index contributed by atoms with van der Waals surface area (Å²) >= 11 is 0. The van der Waals surface area contributed by atoms with E-state index in [2.05, 4.69) is 26.6 Å². The number of rotatable bonds is 20. The van der Waals surface area contributed by atoms with Crippen LogP contribution in [0.2, 0.25) is 0 Å². The van der Waals surface area contributed by atoms with Crippen molar-refractivity contribution in [2.75, 3.05) is 11.9 Å². The van der Waals surface area contributed by atoms with Crippen LogP contribution in [0, 0.1) is 0 Å². The van der Waals surface area contributed by atoms with Crippen LogP contribution in [0.1, 0.15) is 51.5 Å².